The summed E-state index contributed by atoms with van der Waals surface area (Å²) in [5, 5.41) is 8.03. The molecule has 1 aromatic heterocycles. The highest BCUT2D eigenvalue weighted by atomic mass is 35.5. The fourth-order valence-electron chi connectivity index (χ4n) is 1.41. The van der Waals surface area contributed by atoms with Crippen LogP contribution in [-0.2, 0) is 12.9 Å². The van der Waals surface area contributed by atoms with Gasteiger partial charge >= 0.3 is 0 Å². The molecule has 1 aromatic carbocycles. The van der Waals surface area contributed by atoms with Gasteiger partial charge in [0.1, 0.15) is 11.6 Å². The zero-order valence-electron chi connectivity index (χ0n) is 8.41. The van der Waals surface area contributed by atoms with Gasteiger partial charge < -0.3 is 4.57 Å². The molecule has 0 aliphatic carbocycles. The molecule has 2 rings (SSSR count). The third-order valence-corrected chi connectivity index (χ3v) is 2.82. The minimum atomic E-state index is -0.427. The summed E-state index contributed by atoms with van der Waals surface area (Å²) in [7, 11) is 1.72. The molecule has 3 nitrogen and oxygen atoms in total. The first-order valence-corrected chi connectivity index (χ1v) is 5.45. The molecule has 0 aliphatic rings. The second-order valence-corrected chi connectivity index (χ2v) is 3.90. The average Bonchev–Trinajstić information content (AvgIpc) is 2.60. The maximum atomic E-state index is 13.6. The van der Waals surface area contributed by atoms with Crippen LogP contribution in [0.15, 0.2) is 18.2 Å². The lowest BCUT2D eigenvalue weighted by molar-refractivity contribution is 0.628. The number of alkyl halides is 1. The van der Waals surface area contributed by atoms with Crippen molar-refractivity contribution in [3.05, 3.63) is 34.9 Å². The van der Waals surface area contributed by atoms with Crippen molar-refractivity contribution in [1.82, 2.24) is 14.8 Å². The summed E-state index contributed by atoms with van der Waals surface area (Å²) in [5.74, 6) is 0.731. The summed E-state index contributed by atoms with van der Waals surface area (Å²) >= 11 is 11.6. The lowest BCUT2D eigenvalue weighted by atomic mass is 10.2. The lowest BCUT2D eigenvalue weighted by Crippen LogP contribution is -1.99. The third kappa shape index (κ3) is 1.79. The third-order valence-electron chi connectivity index (χ3n) is 2.27. The van der Waals surface area contributed by atoms with Crippen molar-refractivity contribution in [2.75, 3.05) is 0 Å². The van der Waals surface area contributed by atoms with Gasteiger partial charge in [0.2, 0.25) is 0 Å². The van der Waals surface area contributed by atoms with Crippen LogP contribution in [0.25, 0.3) is 11.4 Å². The molecule has 16 heavy (non-hydrogen) atoms. The van der Waals surface area contributed by atoms with Crippen LogP contribution >= 0.6 is 23.2 Å². The van der Waals surface area contributed by atoms with Crippen molar-refractivity contribution in [1.29, 1.82) is 0 Å². The SMILES string of the molecule is Cn1c(CCl)nnc1-c1c(F)cccc1Cl. The Kier molecular flexibility index (Phi) is 3.12. The summed E-state index contributed by atoms with van der Waals surface area (Å²) in [6.45, 7) is 0. The molecule has 0 spiro atoms. The Morgan fingerprint density at radius 3 is 2.69 bits per heavy atom. The quantitative estimate of drug-likeness (QED) is 0.777. The summed E-state index contributed by atoms with van der Waals surface area (Å²) in [5.41, 5.74) is 0.246. The topological polar surface area (TPSA) is 30.7 Å². The van der Waals surface area contributed by atoms with E-state index in [0.29, 0.717) is 16.7 Å². The Morgan fingerprint density at radius 2 is 2.12 bits per heavy atom. The van der Waals surface area contributed by atoms with E-state index < -0.39 is 5.82 Å². The van der Waals surface area contributed by atoms with Crippen molar-refractivity contribution in [2.24, 2.45) is 7.05 Å². The van der Waals surface area contributed by atoms with Crippen LogP contribution in [-0.4, -0.2) is 14.8 Å². The molecular formula is C10H8Cl2FN3. The number of halogens is 3. The Labute approximate surface area is 102 Å². The molecule has 0 amide bonds. The molecule has 0 fully saturated rings. The fraction of sp³-hybridized carbons (Fsp3) is 0.200. The summed E-state index contributed by atoms with van der Waals surface area (Å²) < 4.78 is 15.3. The zero-order chi connectivity index (χ0) is 11.7. The molecule has 2 aromatic rings. The van der Waals surface area contributed by atoms with Crippen LogP contribution in [0.3, 0.4) is 0 Å². The molecule has 0 radical (unpaired) electrons. The maximum absolute atomic E-state index is 13.6. The van der Waals surface area contributed by atoms with Gasteiger partial charge in [0, 0.05) is 7.05 Å². The van der Waals surface area contributed by atoms with Crippen LogP contribution in [0.4, 0.5) is 4.39 Å². The van der Waals surface area contributed by atoms with Crippen LogP contribution in [0.1, 0.15) is 5.82 Å². The van der Waals surface area contributed by atoms with Gasteiger partial charge in [0.05, 0.1) is 16.5 Å². The van der Waals surface area contributed by atoms with Crippen LogP contribution in [0, 0.1) is 5.82 Å². The smallest absolute Gasteiger partial charge is 0.168 e. The second kappa shape index (κ2) is 4.39. The monoisotopic (exact) mass is 259 g/mol. The Balaban J connectivity index is 2.63. The van der Waals surface area contributed by atoms with E-state index in [4.69, 9.17) is 23.2 Å². The molecular weight excluding hydrogens is 252 g/mol. The van der Waals surface area contributed by atoms with Gasteiger partial charge in [-0.25, -0.2) is 4.39 Å². The number of hydrogen-bond donors (Lipinski definition) is 0. The highest BCUT2D eigenvalue weighted by Gasteiger charge is 2.16. The predicted molar refractivity (Wildman–Crippen MR) is 61.0 cm³/mol. The first kappa shape index (κ1) is 11.4. The molecule has 0 atom stereocenters. The second-order valence-electron chi connectivity index (χ2n) is 3.23. The molecule has 0 N–H and O–H groups in total. The number of nitrogens with zero attached hydrogens (tertiary/aromatic N) is 3. The first-order chi connectivity index (χ1) is 7.65. The van der Waals surface area contributed by atoms with Gasteiger partial charge in [0.15, 0.2) is 5.82 Å². The molecule has 6 heteroatoms. The molecule has 0 unspecified atom stereocenters. The Bertz CT molecular complexity index is 505. The van der Waals surface area contributed by atoms with Crippen LogP contribution < -0.4 is 0 Å². The minimum absolute atomic E-state index is 0.218. The van der Waals surface area contributed by atoms with Crippen LogP contribution in [0.2, 0.25) is 5.02 Å². The maximum Gasteiger partial charge on any atom is 0.168 e. The van der Waals surface area contributed by atoms with E-state index in [1.165, 1.54) is 6.07 Å². The molecule has 84 valence electrons. The lowest BCUT2D eigenvalue weighted by Gasteiger charge is -2.05. The highest BCUT2D eigenvalue weighted by Crippen LogP contribution is 2.29. The number of rotatable bonds is 2. The van der Waals surface area contributed by atoms with E-state index in [0.717, 1.165) is 0 Å². The van der Waals surface area contributed by atoms with Gasteiger partial charge in [-0.3, -0.25) is 0 Å². The van der Waals surface area contributed by atoms with E-state index in [2.05, 4.69) is 10.2 Å². The van der Waals surface area contributed by atoms with Crippen molar-refractivity contribution in [3.8, 4) is 11.4 Å². The summed E-state index contributed by atoms with van der Waals surface area (Å²) in [6, 6.07) is 4.48. The molecule has 0 saturated carbocycles. The largest absolute Gasteiger partial charge is 0.313 e. The van der Waals surface area contributed by atoms with Gasteiger partial charge in [-0.15, -0.1) is 21.8 Å². The van der Waals surface area contributed by atoms with Gasteiger partial charge in [-0.05, 0) is 12.1 Å². The summed E-state index contributed by atoms with van der Waals surface area (Å²) in [6.07, 6.45) is 0. The van der Waals surface area contributed by atoms with E-state index in [1.54, 1.807) is 23.7 Å². The van der Waals surface area contributed by atoms with Crippen molar-refractivity contribution >= 4 is 23.2 Å². The molecule has 1 heterocycles. The molecule has 0 bridgehead atoms. The number of aromatic nitrogens is 3. The van der Waals surface area contributed by atoms with E-state index in [1.807, 2.05) is 0 Å². The van der Waals surface area contributed by atoms with Gasteiger partial charge in [0.25, 0.3) is 0 Å². The van der Waals surface area contributed by atoms with Crippen LogP contribution in [0.5, 0.6) is 0 Å². The first-order valence-electron chi connectivity index (χ1n) is 4.53. The fourth-order valence-corrected chi connectivity index (χ4v) is 1.89. The van der Waals surface area contributed by atoms with E-state index in [9.17, 15) is 4.39 Å². The standard InChI is InChI=1S/C10H8Cl2FN3/c1-16-8(5-11)14-15-10(16)9-6(12)3-2-4-7(9)13/h2-4H,5H2,1H3. The molecule has 0 saturated heterocycles. The number of hydrogen-bond acceptors (Lipinski definition) is 2. The Hall–Kier alpha value is -1.13. The van der Waals surface area contributed by atoms with Gasteiger partial charge in [-0.1, -0.05) is 17.7 Å². The number of benzene rings is 1. The van der Waals surface area contributed by atoms with Crippen molar-refractivity contribution in [3.63, 3.8) is 0 Å². The normalized spacial score (nSPS) is 10.8. The van der Waals surface area contributed by atoms with Gasteiger partial charge in [-0.2, -0.15) is 0 Å². The van der Waals surface area contributed by atoms with Crippen molar-refractivity contribution in [2.45, 2.75) is 5.88 Å². The van der Waals surface area contributed by atoms with Crippen molar-refractivity contribution < 1.29 is 4.39 Å². The minimum Gasteiger partial charge on any atom is -0.313 e. The van der Waals surface area contributed by atoms with E-state index in [-0.39, 0.29) is 11.4 Å². The Morgan fingerprint density at radius 1 is 1.38 bits per heavy atom. The highest BCUT2D eigenvalue weighted by molar-refractivity contribution is 6.33. The molecule has 0 aliphatic heterocycles. The summed E-state index contributed by atoms with van der Waals surface area (Å²) in [4.78, 5) is 0. The zero-order valence-corrected chi connectivity index (χ0v) is 9.93. The average molecular weight is 260 g/mol. The predicted octanol–water partition coefficient (Wildman–Crippen LogP) is 3.01. The van der Waals surface area contributed by atoms with E-state index >= 15 is 0 Å².